The quantitative estimate of drug-likeness (QED) is 0.730. The molecule has 0 saturated carbocycles. The zero-order valence-electron chi connectivity index (χ0n) is 7.62. The second-order valence-electron chi connectivity index (χ2n) is 2.71. The van der Waals surface area contributed by atoms with Gasteiger partial charge in [0, 0.05) is 6.54 Å². The van der Waals surface area contributed by atoms with Crippen LogP contribution in [0.1, 0.15) is 36.0 Å². The molecule has 13 heavy (non-hydrogen) atoms. The van der Waals surface area contributed by atoms with Gasteiger partial charge in [-0.05, 0) is 6.42 Å². The molecule has 0 atom stereocenters. The van der Waals surface area contributed by atoms with Gasteiger partial charge in [-0.1, -0.05) is 31.1 Å². The van der Waals surface area contributed by atoms with Crippen LogP contribution in [0, 0.1) is 0 Å². The summed E-state index contributed by atoms with van der Waals surface area (Å²) < 4.78 is 0. The Morgan fingerprint density at radius 3 is 3.08 bits per heavy atom. The molecule has 4 nitrogen and oxygen atoms in total. The van der Waals surface area contributed by atoms with Gasteiger partial charge in [-0.2, -0.15) is 0 Å². The lowest BCUT2D eigenvalue weighted by Gasteiger charge is -2.00. The molecule has 0 bridgehead atoms. The van der Waals surface area contributed by atoms with Crippen molar-refractivity contribution in [3.8, 4) is 0 Å². The number of amides is 1. The van der Waals surface area contributed by atoms with Gasteiger partial charge in [0.05, 0.1) is 0 Å². The highest BCUT2D eigenvalue weighted by Gasteiger charge is 2.06. The maximum absolute atomic E-state index is 11.3. The summed E-state index contributed by atoms with van der Waals surface area (Å²) in [5.74, 6) is -0.112. The molecule has 0 aliphatic rings. The van der Waals surface area contributed by atoms with Gasteiger partial charge in [-0.3, -0.25) is 4.79 Å². The van der Waals surface area contributed by atoms with Crippen LogP contribution < -0.4 is 5.32 Å². The van der Waals surface area contributed by atoms with Gasteiger partial charge >= 0.3 is 0 Å². The number of carbonyl (C=O) groups excluding carboxylic acids is 1. The average molecular weight is 199 g/mol. The summed E-state index contributed by atoms with van der Waals surface area (Å²) in [5.41, 5.74) is 1.56. The van der Waals surface area contributed by atoms with Gasteiger partial charge < -0.3 is 5.32 Å². The predicted molar refractivity (Wildman–Crippen MR) is 51.8 cm³/mol. The van der Waals surface area contributed by atoms with E-state index in [0.29, 0.717) is 5.01 Å². The first-order chi connectivity index (χ1) is 6.34. The van der Waals surface area contributed by atoms with Crippen LogP contribution in [0.5, 0.6) is 0 Å². The van der Waals surface area contributed by atoms with Crippen molar-refractivity contribution in [2.24, 2.45) is 0 Å². The fourth-order valence-electron chi connectivity index (χ4n) is 0.925. The molecule has 1 N–H and O–H groups in total. The van der Waals surface area contributed by atoms with E-state index >= 15 is 0 Å². The third kappa shape index (κ3) is 3.50. The number of hydrogen-bond acceptors (Lipinski definition) is 4. The number of aromatic nitrogens is 2. The summed E-state index contributed by atoms with van der Waals surface area (Å²) in [6, 6.07) is 0. The second kappa shape index (κ2) is 5.64. The van der Waals surface area contributed by atoms with E-state index in [1.807, 2.05) is 0 Å². The summed E-state index contributed by atoms with van der Waals surface area (Å²) in [5, 5.41) is 10.5. The van der Waals surface area contributed by atoms with Crippen molar-refractivity contribution in [2.45, 2.75) is 26.2 Å². The van der Waals surface area contributed by atoms with Gasteiger partial charge in [-0.25, -0.2) is 0 Å². The Morgan fingerprint density at radius 2 is 2.46 bits per heavy atom. The summed E-state index contributed by atoms with van der Waals surface area (Å²) in [6.45, 7) is 2.86. The lowest BCUT2D eigenvalue weighted by molar-refractivity contribution is 0.0952. The Morgan fingerprint density at radius 1 is 1.62 bits per heavy atom. The Balaban J connectivity index is 2.19. The largest absolute Gasteiger partial charge is 0.350 e. The highest BCUT2D eigenvalue weighted by Crippen LogP contribution is 2.00. The summed E-state index contributed by atoms with van der Waals surface area (Å²) in [4.78, 5) is 11.3. The van der Waals surface area contributed by atoms with Gasteiger partial charge in [0.1, 0.15) is 5.51 Å². The average Bonchev–Trinajstić information content (AvgIpc) is 2.65. The number of nitrogens with zero attached hydrogens (tertiary/aromatic N) is 2. The number of hydrogen-bond donors (Lipinski definition) is 1. The third-order valence-corrected chi connectivity index (χ3v) is 2.31. The highest BCUT2D eigenvalue weighted by molar-refractivity contribution is 7.11. The molecule has 0 aliphatic heterocycles. The Bertz CT molecular complexity index is 248. The molecule has 1 aromatic heterocycles. The van der Waals surface area contributed by atoms with Gasteiger partial charge in [0.15, 0.2) is 0 Å². The predicted octanol–water partition coefficient (Wildman–Crippen LogP) is 1.46. The molecule has 0 saturated heterocycles. The lowest BCUT2D eigenvalue weighted by Crippen LogP contribution is -2.24. The van der Waals surface area contributed by atoms with E-state index in [4.69, 9.17) is 0 Å². The molecule has 0 fully saturated rings. The molecule has 1 rings (SSSR count). The van der Waals surface area contributed by atoms with Crippen molar-refractivity contribution in [1.29, 1.82) is 0 Å². The minimum absolute atomic E-state index is 0.112. The smallest absolute Gasteiger partial charge is 0.282 e. The molecule has 0 aromatic carbocycles. The topological polar surface area (TPSA) is 54.9 Å². The fraction of sp³-hybridized carbons (Fsp3) is 0.625. The van der Waals surface area contributed by atoms with E-state index in [1.165, 1.54) is 11.3 Å². The second-order valence-corrected chi connectivity index (χ2v) is 3.54. The summed E-state index contributed by atoms with van der Waals surface area (Å²) in [7, 11) is 0. The van der Waals surface area contributed by atoms with Crippen LogP contribution in [0.2, 0.25) is 0 Å². The fourth-order valence-corrected chi connectivity index (χ4v) is 1.39. The van der Waals surface area contributed by atoms with Crippen LogP contribution in [0.4, 0.5) is 0 Å². The molecular weight excluding hydrogens is 186 g/mol. The number of carbonyl (C=O) groups is 1. The van der Waals surface area contributed by atoms with Crippen molar-refractivity contribution >= 4 is 17.2 Å². The van der Waals surface area contributed by atoms with Crippen molar-refractivity contribution in [2.75, 3.05) is 6.54 Å². The first kappa shape index (κ1) is 10.1. The molecular formula is C8H13N3OS. The maximum Gasteiger partial charge on any atom is 0.282 e. The zero-order chi connectivity index (χ0) is 9.52. The Hall–Kier alpha value is -0.970. The van der Waals surface area contributed by atoms with Crippen LogP contribution in [0.15, 0.2) is 5.51 Å². The highest BCUT2D eigenvalue weighted by atomic mass is 32.1. The van der Waals surface area contributed by atoms with Crippen LogP contribution in [0.25, 0.3) is 0 Å². The minimum atomic E-state index is -0.112. The summed E-state index contributed by atoms with van der Waals surface area (Å²) in [6.07, 6.45) is 3.34. The minimum Gasteiger partial charge on any atom is -0.350 e. The third-order valence-electron chi connectivity index (χ3n) is 1.62. The standard InChI is InChI=1S/C8H13N3OS/c1-2-3-4-5-9-7(12)8-11-10-6-13-8/h6H,2-5H2,1H3,(H,9,12). The van der Waals surface area contributed by atoms with E-state index in [0.717, 1.165) is 25.8 Å². The first-order valence-corrected chi connectivity index (χ1v) is 5.27. The van der Waals surface area contributed by atoms with Crippen molar-refractivity contribution in [3.05, 3.63) is 10.5 Å². The van der Waals surface area contributed by atoms with Crippen LogP contribution >= 0.6 is 11.3 Å². The molecule has 0 spiro atoms. The number of rotatable bonds is 5. The number of unbranched alkanes of at least 4 members (excludes halogenated alkanes) is 2. The van der Waals surface area contributed by atoms with E-state index in [-0.39, 0.29) is 5.91 Å². The summed E-state index contributed by atoms with van der Waals surface area (Å²) >= 11 is 1.26. The van der Waals surface area contributed by atoms with Crippen molar-refractivity contribution < 1.29 is 4.79 Å². The van der Waals surface area contributed by atoms with Gasteiger partial charge in [0.2, 0.25) is 5.01 Å². The zero-order valence-corrected chi connectivity index (χ0v) is 8.43. The van der Waals surface area contributed by atoms with Gasteiger partial charge in [0.25, 0.3) is 5.91 Å². The lowest BCUT2D eigenvalue weighted by atomic mass is 10.2. The monoisotopic (exact) mass is 199 g/mol. The SMILES string of the molecule is CCCCCNC(=O)c1nncs1. The molecule has 5 heteroatoms. The van der Waals surface area contributed by atoms with E-state index in [1.54, 1.807) is 5.51 Å². The molecule has 0 aliphatic carbocycles. The van der Waals surface area contributed by atoms with Crippen LogP contribution in [-0.2, 0) is 0 Å². The van der Waals surface area contributed by atoms with E-state index in [9.17, 15) is 4.79 Å². The van der Waals surface area contributed by atoms with Gasteiger partial charge in [-0.15, -0.1) is 10.2 Å². The molecule has 0 unspecified atom stereocenters. The molecule has 1 heterocycles. The van der Waals surface area contributed by atoms with Crippen molar-refractivity contribution in [1.82, 2.24) is 15.5 Å². The molecule has 0 radical (unpaired) electrons. The maximum atomic E-state index is 11.3. The van der Waals surface area contributed by atoms with Crippen LogP contribution in [0.3, 0.4) is 0 Å². The molecule has 1 amide bonds. The van der Waals surface area contributed by atoms with Crippen LogP contribution in [-0.4, -0.2) is 22.6 Å². The molecule has 1 aromatic rings. The van der Waals surface area contributed by atoms with E-state index < -0.39 is 0 Å². The Labute approximate surface area is 81.4 Å². The van der Waals surface area contributed by atoms with Crippen molar-refractivity contribution in [3.63, 3.8) is 0 Å². The number of nitrogens with one attached hydrogen (secondary N) is 1. The normalized spacial score (nSPS) is 9.92. The van der Waals surface area contributed by atoms with E-state index in [2.05, 4.69) is 22.4 Å². The molecule has 72 valence electrons. The Kier molecular flexibility index (Phi) is 4.39. The first-order valence-electron chi connectivity index (χ1n) is 4.39.